The monoisotopic (exact) mass is 396 g/mol. The van der Waals surface area contributed by atoms with Gasteiger partial charge < -0.3 is 10.6 Å². The number of anilines is 2. The molecule has 1 aliphatic heterocycles. The van der Waals surface area contributed by atoms with Gasteiger partial charge in [-0.05, 0) is 48.9 Å². The number of rotatable bonds is 4. The third kappa shape index (κ3) is 3.41. The molecule has 27 heavy (non-hydrogen) atoms. The van der Waals surface area contributed by atoms with Crippen molar-refractivity contribution < 1.29 is 4.79 Å². The molecule has 5 heteroatoms. The molecule has 0 saturated heterocycles. The Bertz CT molecular complexity index is 1020. The molecule has 3 nitrogen and oxygen atoms in total. The van der Waals surface area contributed by atoms with Gasteiger partial charge in [0, 0.05) is 33.4 Å². The van der Waals surface area contributed by atoms with Crippen molar-refractivity contribution in [3.63, 3.8) is 0 Å². The number of carbonyl (C=O) groups is 1. The molecule has 3 aromatic carbocycles. The number of amides is 1. The molecule has 1 unspecified atom stereocenters. The highest BCUT2D eigenvalue weighted by Crippen LogP contribution is 2.42. The highest BCUT2D eigenvalue weighted by molar-refractivity contribution is 6.31. The predicted octanol–water partition coefficient (Wildman–Crippen LogP) is 5.80. The Hall–Kier alpha value is -2.49. The lowest BCUT2D eigenvalue weighted by Gasteiger charge is -2.30. The molecule has 0 bridgehead atoms. The molecular formula is C22H18Cl2N2O. The summed E-state index contributed by atoms with van der Waals surface area (Å²) in [5.74, 6) is -0.111. The van der Waals surface area contributed by atoms with E-state index in [0.29, 0.717) is 16.5 Å². The van der Waals surface area contributed by atoms with E-state index < -0.39 is 5.54 Å². The molecule has 1 amide bonds. The highest BCUT2D eigenvalue weighted by Gasteiger charge is 2.47. The van der Waals surface area contributed by atoms with Crippen molar-refractivity contribution in [2.75, 3.05) is 10.6 Å². The molecule has 0 fully saturated rings. The quantitative estimate of drug-likeness (QED) is 0.584. The zero-order valence-corrected chi connectivity index (χ0v) is 16.2. The van der Waals surface area contributed by atoms with Crippen LogP contribution in [0.5, 0.6) is 0 Å². The minimum absolute atomic E-state index is 0.111. The normalized spacial score (nSPS) is 18.1. The van der Waals surface area contributed by atoms with Crippen LogP contribution in [0.3, 0.4) is 0 Å². The number of hydrogen-bond donors (Lipinski definition) is 2. The lowest BCUT2D eigenvalue weighted by molar-refractivity contribution is -0.119. The van der Waals surface area contributed by atoms with Crippen LogP contribution in [0.4, 0.5) is 11.4 Å². The standard InChI is InChI=1S/C22H18Cl2N2O/c1-14-5-8-18(9-6-14)26-22(13-15-3-2-4-16(23)11-15)19-10-7-17(24)12-20(19)25-21(22)27/h2-12,26H,13H2,1H3,(H,25,27). The Labute approximate surface area is 168 Å². The maximum Gasteiger partial charge on any atom is 0.255 e. The molecule has 136 valence electrons. The third-order valence-electron chi connectivity index (χ3n) is 4.84. The van der Waals surface area contributed by atoms with E-state index in [1.165, 1.54) is 0 Å². The van der Waals surface area contributed by atoms with Crippen LogP contribution in [0.15, 0.2) is 66.7 Å². The number of halogens is 2. The van der Waals surface area contributed by atoms with Gasteiger partial charge in [0.25, 0.3) is 5.91 Å². The van der Waals surface area contributed by atoms with Gasteiger partial charge in [-0.25, -0.2) is 0 Å². The molecule has 3 aromatic rings. The summed E-state index contributed by atoms with van der Waals surface area (Å²) in [5.41, 5.74) is 3.67. The van der Waals surface area contributed by atoms with Gasteiger partial charge in [0.15, 0.2) is 0 Å². The van der Waals surface area contributed by atoms with Crippen molar-refractivity contribution >= 4 is 40.5 Å². The van der Waals surface area contributed by atoms with Crippen LogP contribution in [-0.2, 0) is 16.8 Å². The predicted molar refractivity (Wildman–Crippen MR) is 112 cm³/mol. The molecule has 4 rings (SSSR count). The summed E-state index contributed by atoms with van der Waals surface area (Å²) >= 11 is 12.3. The molecule has 0 aromatic heterocycles. The topological polar surface area (TPSA) is 41.1 Å². The Morgan fingerprint density at radius 1 is 0.963 bits per heavy atom. The second-order valence-electron chi connectivity index (χ2n) is 6.85. The lowest BCUT2D eigenvalue weighted by atomic mass is 9.84. The van der Waals surface area contributed by atoms with E-state index in [2.05, 4.69) is 10.6 Å². The van der Waals surface area contributed by atoms with Crippen LogP contribution in [-0.4, -0.2) is 5.91 Å². The molecule has 2 N–H and O–H groups in total. The average Bonchev–Trinajstić information content (AvgIpc) is 2.88. The average molecular weight is 397 g/mol. The Balaban J connectivity index is 1.82. The minimum atomic E-state index is -0.945. The second-order valence-corrected chi connectivity index (χ2v) is 7.72. The highest BCUT2D eigenvalue weighted by atomic mass is 35.5. The van der Waals surface area contributed by atoms with Gasteiger partial charge in [0.05, 0.1) is 0 Å². The molecule has 1 heterocycles. The van der Waals surface area contributed by atoms with Gasteiger partial charge in [0.1, 0.15) is 5.54 Å². The third-order valence-corrected chi connectivity index (χ3v) is 5.32. The van der Waals surface area contributed by atoms with E-state index in [9.17, 15) is 4.79 Å². The molecule has 0 aliphatic carbocycles. The largest absolute Gasteiger partial charge is 0.367 e. The fourth-order valence-corrected chi connectivity index (χ4v) is 3.91. The van der Waals surface area contributed by atoms with E-state index in [4.69, 9.17) is 23.2 Å². The Kier molecular flexibility index (Phi) is 4.58. The van der Waals surface area contributed by atoms with Crippen LogP contribution in [0.25, 0.3) is 0 Å². The van der Waals surface area contributed by atoms with Crippen LogP contribution >= 0.6 is 23.2 Å². The first-order valence-corrected chi connectivity index (χ1v) is 9.43. The molecule has 0 saturated carbocycles. The van der Waals surface area contributed by atoms with E-state index in [1.807, 2.05) is 67.6 Å². The summed E-state index contributed by atoms with van der Waals surface area (Å²) in [5, 5.41) is 7.69. The van der Waals surface area contributed by atoms with Crippen molar-refractivity contribution in [2.24, 2.45) is 0 Å². The molecule has 0 radical (unpaired) electrons. The summed E-state index contributed by atoms with van der Waals surface area (Å²) in [6.45, 7) is 2.03. The van der Waals surface area contributed by atoms with Crippen LogP contribution < -0.4 is 10.6 Å². The number of fused-ring (bicyclic) bond motifs is 1. The van der Waals surface area contributed by atoms with Crippen molar-refractivity contribution in [3.8, 4) is 0 Å². The van der Waals surface area contributed by atoms with Gasteiger partial charge in [-0.15, -0.1) is 0 Å². The van der Waals surface area contributed by atoms with Gasteiger partial charge in [0.2, 0.25) is 0 Å². The molecule has 0 spiro atoms. The SMILES string of the molecule is Cc1ccc(NC2(Cc3cccc(Cl)c3)C(=O)Nc3cc(Cl)ccc32)cc1. The van der Waals surface area contributed by atoms with E-state index >= 15 is 0 Å². The van der Waals surface area contributed by atoms with Crippen molar-refractivity contribution in [1.82, 2.24) is 0 Å². The first-order valence-electron chi connectivity index (χ1n) is 8.67. The van der Waals surface area contributed by atoms with E-state index in [0.717, 1.165) is 28.1 Å². The maximum absolute atomic E-state index is 13.2. The summed E-state index contributed by atoms with van der Waals surface area (Å²) in [4.78, 5) is 13.2. The first-order chi connectivity index (χ1) is 13.0. The zero-order valence-electron chi connectivity index (χ0n) is 14.7. The smallest absolute Gasteiger partial charge is 0.255 e. The molecule has 1 aliphatic rings. The summed E-state index contributed by atoms with van der Waals surface area (Å²) in [6.07, 6.45) is 0.460. The Morgan fingerprint density at radius 2 is 1.70 bits per heavy atom. The number of nitrogens with one attached hydrogen (secondary N) is 2. The maximum atomic E-state index is 13.2. The summed E-state index contributed by atoms with van der Waals surface area (Å²) in [6, 6.07) is 21.1. The van der Waals surface area contributed by atoms with Crippen LogP contribution in [0.1, 0.15) is 16.7 Å². The molecule has 1 atom stereocenters. The van der Waals surface area contributed by atoms with E-state index in [-0.39, 0.29) is 5.91 Å². The molecular weight excluding hydrogens is 379 g/mol. The van der Waals surface area contributed by atoms with E-state index in [1.54, 1.807) is 6.07 Å². The van der Waals surface area contributed by atoms with Crippen LogP contribution in [0.2, 0.25) is 10.0 Å². The fourth-order valence-electron chi connectivity index (χ4n) is 3.52. The fraction of sp³-hybridized carbons (Fsp3) is 0.136. The summed E-state index contributed by atoms with van der Waals surface area (Å²) < 4.78 is 0. The van der Waals surface area contributed by atoms with Crippen molar-refractivity contribution in [3.05, 3.63) is 93.5 Å². The Morgan fingerprint density at radius 3 is 2.44 bits per heavy atom. The van der Waals surface area contributed by atoms with Crippen molar-refractivity contribution in [2.45, 2.75) is 18.9 Å². The minimum Gasteiger partial charge on any atom is -0.367 e. The second kappa shape index (κ2) is 6.91. The van der Waals surface area contributed by atoms with Gasteiger partial charge in [-0.1, -0.05) is 59.1 Å². The van der Waals surface area contributed by atoms with Gasteiger partial charge >= 0.3 is 0 Å². The van der Waals surface area contributed by atoms with Gasteiger partial charge in [-0.3, -0.25) is 4.79 Å². The van der Waals surface area contributed by atoms with Crippen LogP contribution in [0, 0.1) is 6.92 Å². The zero-order chi connectivity index (χ0) is 19.0. The first kappa shape index (κ1) is 17.9. The number of carbonyl (C=O) groups excluding carboxylic acids is 1. The van der Waals surface area contributed by atoms with Crippen molar-refractivity contribution in [1.29, 1.82) is 0 Å². The number of aryl methyl sites for hydroxylation is 1. The summed E-state index contributed by atoms with van der Waals surface area (Å²) in [7, 11) is 0. The number of benzene rings is 3. The number of hydrogen-bond acceptors (Lipinski definition) is 2. The van der Waals surface area contributed by atoms with Gasteiger partial charge in [-0.2, -0.15) is 0 Å². The lowest BCUT2D eigenvalue weighted by Crippen LogP contribution is -2.44.